The van der Waals surface area contributed by atoms with Gasteiger partial charge in [0.2, 0.25) is 0 Å². The van der Waals surface area contributed by atoms with Crippen LogP contribution in [0.25, 0.3) is 0 Å². The second kappa shape index (κ2) is 12.3. The third-order valence-corrected chi connectivity index (χ3v) is 6.81. The molecular formula is C20H26N4O4S2. The van der Waals surface area contributed by atoms with E-state index in [2.05, 4.69) is 9.97 Å². The fraction of sp³-hybridized carbons (Fsp3) is 0.400. The van der Waals surface area contributed by atoms with E-state index >= 15 is 0 Å². The van der Waals surface area contributed by atoms with Crippen LogP contribution in [0, 0.1) is 11.8 Å². The van der Waals surface area contributed by atoms with Crippen molar-refractivity contribution in [3.05, 3.63) is 47.8 Å². The topological polar surface area (TPSA) is 141 Å². The Balaban J connectivity index is 1.88. The molecule has 0 spiro atoms. The molecule has 5 N–H and O–H groups in total. The monoisotopic (exact) mass is 450 g/mol. The number of nitrogens with zero attached hydrogens (tertiary/aromatic N) is 2. The Labute approximate surface area is 183 Å². The number of ether oxygens (including phenoxy) is 1. The Morgan fingerprint density at radius 3 is 1.90 bits per heavy atom. The third-order valence-electron chi connectivity index (χ3n) is 4.25. The lowest BCUT2D eigenvalue weighted by molar-refractivity contribution is -0.147. The molecule has 2 aromatic rings. The number of nitrogens with two attached hydrogens (primary N) is 2. The van der Waals surface area contributed by atoms with Crippen molar-refractivity contribution in [1.82, 2.24) is 9.97 Å². The van der Waals surface area contributed by atoms with Gasteiger partial charge in [0.15, 0.2) is 0 Å². The number of hydrogen-bond donors (Lipinski definition) is 3. The molecule has 0 aliphatic carbocycles. The van der Waals surface area contributed by atoms with Gasteiger partial charge >= 0.3 is 11.9 Å². The number of aliphatic carboxylic acids is 1. The summed E-state index contributed by atoms with van der Waals surface area (Å²) in [6, 6.07) is 6.98. The molecule has 0 fully saturated rings. The number of aromatic nitrogens is 2. The van der Waals surface area contributed by atoms with Gasteiger partial charge in [0.25, 0.3) is 0 Å². The number of rotatable bonds is 12. The molecule has 0 saturated heterocycles. The number of nitrogen functional groups attached to an aromatic ring is 2. The van der Waals surface area contributed by atoms with E-state index < -0.39 is 11.9 Å². The molecule has 30 heavy (non-hydrogen) atoms. The van der Waals surface area contributed by atoms with E-state index in [1.165, 1.54) is 21.6 Å². The number of hydrogen-bond acceptors (Lipinski definition) is 9. The number of carbonyl (C=O) groups excluding carboxylic acids is 1. The first-order valence-corrected chi connectivity index (χ1v) is 11.9. The minimum atomic E-state index is -0.866. The number of carboxylic acids is 1. The molecule has 2 rings (SSSR count). The molecule has 0 saturated carbocycles. The van der Waals surface area contributed by atoms with Crippen LogP contribution >= 0.6 is 21.6 Å². The van der Waals surface area contributed by atoms with Crippen molar-refractivity contribution in [2.75, 3.05) is 29.6 Å². The van der Waals surface area contributed by atoms with E-state index in [1.54, 1.807) is 37.5 Å². The van der Waals surface area contributed by atoms with Crippen LogP contribution in [0.2, 0.25) is 0 Å². The van der Waals surface area contributed by atoms with Crippen molar-refractivity contribution in [3.63, 3.8) is 0 Å². The Morgan fingerprint density at radius 1 is 0.967 bits per heavy atom. The maximum absolute atomic E-state index is 12.3. The van der Waals surface area contributed by atoms with Crippen molar-refractivity contribution in [3.8, 4) is 0 Å². The molecule has 10 heteroatoms. The zero-order valence-corrected chi connectivity index (χ0v) is 18.3. The summed E-state index contributed by atoms with van der Waals surface area (Å²) in [4.78, 5) is 32.0. The Morgan fingerprint density at radius 2 is 1.47 bits per heavy atom. The minimum absolute atomic E-state index is 0.273. The number of pyridine rings is 2. The number of carbonyl (C=O) groups is 2. The Bertz CT molecular complexity index is 819. The van der Waals surface area contributed by atoms with Gasteiger partial charge in [-0.25, -0.2) is 9.97 Å². The number of carboxylic acid groups (broad SMARTS) is 1. The van der Waals surface area contributed by atoms with Gasteiger partial charge in [-0.05, 0) is 43.0 Å². The van der Waals surface area contributed by atoms with Gasteiger partial charge in [0.1, 0.15) is 11.6 Å². The van der Waals surface area contributed by atoms with E-state index in [1.807, 2.05) is 6.07 Å². The van der Waals surface area contributed by atoms with Crippen LogP contribution in [0.15, 0.2) is 36.7 Å². The summed E-state index contributed by atoms with van der Waals surface area (Å²) in [6.45, 7) is 2.08. The number of esters is 1. The van der Waals surface area contributed by atoms with Gasteiger partial charge < -0.3 is 21.3 Å². The first kappa shape index (κ1) is 23.8. The molecule has 2 heterocycles. The fourth-order valence-electron chi connectivity index (χ4n) is 2.63. The second-order valence-electron chi connectivity index (χ2n) is 6.64. The highest BCUT2D eigenvalue weighted by Crippen LogP contribution is 2.29. The SMILES string of the molecule is CCOC(=O)C(CSSCC(Cc1ccc(N)nc1)C(=O)O)Cc1ccc(N)nc1. The number of anilines is 2. The lowest BCUT2D eigenvalue weighted by Gasteiger charge is -2.16. The molecule has 0 aliphatic heterocycles. The highest BCUT2D eigenvalue weighted by molar-refractivity contribution is 8.76. The fourth-order valence-corrected chi connectivity index (χ4v) is 5.23. The summed E-state index contributed by atoms with van der Waals surface area (Å²) < 4.78 is 5.19. The van der Waals surface area contributed by atoms with E-state index in [4.69, 9.17) is 16.2 Å². The van der Waals surface area contributed by atoms with Crippen molar-refractivity contribution < 1.29 is 19.4 Å². The van der Waals surface area contributed by atoms with Crippen molar-refractivity contribution >= 4 is 45.2 Å². The minimum Gasteiger partial charge on any atom is -0.481 e. The van der Waals surface area contributed by atoms with Gasteiger partial charge in [0.05, 0.1) is 18.4 Å². The molecule has 0 amide bonds. The molecule has 0 bridgehead atoms. The molecule has 0 aliphatic rings. The standard InChI is InChI=1S/C20H26N4O4S2/c1-2-28-20(27)16(8-14-4-6-18(22)24-10-14)12-30-29-11-15(19(25)26)7-13-3-5-17(21)23-9-13/h3-6,9-10,15-16H,2,7-8,11-12H2,1H3,(H2,21,23)(H2,22,24)(H,25,26). The van der Waals surface area contributed by atoms with E-state index in [9.17, 15) is 14.7 Å². The van der Waals surface area contributed by atoms with E-state index in [0.29, 0.717) is 42.6 Å². The van der Waals surface area contributed by atoms with E-state index in [0.717, 1.165) is 11.1 Å². The molecule has 8 nitrogen and oxygen atoms in total. The normalized spacial score (nSPS) is 12.8. The van der Waals surface area contributed by atoms with Gasteiger partial charge in [0, 0.05) is 23.9 Å². The van der Waals surface area contributed by atoms with Crippen LogP contribution in [-0.2, 0) is 27.2 Å². The first-order valence-electron chi connectivity index (χ1n) is 9.43. The molecular weight excluding hydrogens is 424 g/mol. The van der Waals surface area contributed by atoms with E-state index in [-0.39, 0.29) is 11.9 Å². The molecule has 2 atom stereocenters. The summed E-state index contributed by atoms with van der Waals surface area (Å²) in [5, 5.41) is 9.51. The summed E-state index contributed by atoms with van der Waals surface area (Å²) >= 11 is 0. The predicted octanol–water partition coefficient (Wildman–Crippen LogP) is 2.69. The average Bonchev–Trinajstić information content (AvgIpc) is 2.72. The summed E-state index contributed by atoms with van der Waals surface area (Å²) in [5.41, 5.74) is 12.9. The van der Waals surface area contributed by atoms with Crippen LogP contribution in [-0.4, -0.2) is 45.1 Å². The molecule has 2 unspecified atom stereocenters. The highest BCUT2D eigenvalue weighted by atomic mass is 33.1. The lowest BCUT2D eigenvalue weighted by Crippen LogP contribution is -2.22. The largest absolute Gasteiger partial charge is 0.481 e. The smallest absolute Gasteiger partial charge is 0.310 e. The zero-order chi connectivity index (χ0) is 21.9. The summed E-state index contributed by atoms with van der Waals surface area (Å²) in [7, 11) is 2.90. The Hall–Kier alpha value is -2.46. The summed E-state index contributed by atoms with van der Waals surface area (Å²) in [5.74, 6) is -0.315. The van der Waals surface area contributed by atoms with Gasteiger partial charge in [-0.15, -0.1) is 0 Å². The average molecular weight is 451 g/mol. The Kier molecular flexibility index (Phi) is 9.75. The van der Waals surface area contributed by atoms with Crippen LogP contribution in [0.4, 0.5) is 11.6 Å². The van der Waals surface area contributed by atoms with Crippen molar-refractivity contribution in [2.45, 2.75) is 19.8 Å². The second-order valence-corrected chi connectivity index (χ2v) is 9.20. The first-order chi connectivity index (χ1) is 14.4. The van der Waals surface area contributed by atoms with Crippen LogP contribution in [0.5, 0.6) is 0 Å². The van der Waals surface area contributed by atoms with Crippen LogP contribution in [0.1, 0.15) is 18.1 Å². The van der Waals surface area contributed by atoms with Gasteiger partial charge in [-0.3, -0.25) is 9.59 Å². The molecule has 0 radical (unpaired) electrons. The van der Waals surface area contributed by atoms with Gasteiger partial charge in [-0.2, -0.15) is 0 Å². The molecule has 162 valence electrons. The lowest BCUT2D eigenvalue weighted by atomic mass is 10.0. The third kappa shape index (κ3) is 8.11. The van der Waals surface area contributed by atoms with Crippen LogP contribution < -0.4 is 11.5 Å². The molecule has 0 aromatic carbocycles. The summed E-state index contributed by atoms with van der Waals surface area (Å²) in [6.07, 6.45) is 4.11. The maximum atomic E-state index is 12.3. The quantitative estimate of drug-likeness (QED) is 0.251. The van der Waals surface area contributed by atoms with Gasteiger partial charge in [-0.1, -0.05) is 33.7 Å². The van der Waals surface area contributed by atoms with Crippen molar-refractivity contribution in [1.29, 1.82) is 0 Å². The molecule has 2 aromatic heterocycles. The predicted molar refractivity (Wildman–Crippen MR) is 121 cm³/mol. The maximum Gasteiger partial charge on any atom is 0.310 e. The van der Waals surface area contributed by atoms with Crippen molar-refractivity contribution in [2.24, 2.45) is 11.8 Å². The van der Waals surface area contributed by atoms with Crippen LogP contribution in [0.3, 0.4) is 0 Å². The zero-order valence-electron chi connectivity index (χ0n) is 16.7. The highest BCUT2D eigenvalue weighted by Gasteiger charge is 2.23.